The molecule has 0 aromatic heterocycles. The number of hydrogen-bond donors (Lipinski definition) is 1. The molecule has 2 rings (SSSR count). The number of esters is 1. The van der Waals surface area contributed by atoms with Gasteiger partial charge in [-0.15, -0.1) is 0 Å². The number of anilines is 1. The smallest absolute Gasteiger partial charge is 0.313 e. The summed E-state index contributed by atoms with van der Waals surface area (Å²) in [5.41, 5.74) is 0.937. The molecule has 1 N–H and O–H groups in total. The van der Waals surface area contributed by atoms with E-state index in [9.17, 15) is 9.90 Å². The van der Waals surface area contributed by atoms with Crippen LogP contribution in [-0.2, 0) is 9.53 Å². The van der Waals surface area contributed by atoms with Crippen molar-refractivity contribution in [3.05, 3.63) is 30.3 Å². The number of aliphatic hydroxyl groups excluding tert-OH is 1. The van der Waals surface area contributed by atoms with Crippen LogP contribution in [0.1, 0.15) is 13.3 Å². The molecule has 0 spiro atoms. The number of para-hydroxylation sites is 1. The van der Waals surface area contributed by atoms with Gasteiger partial charge in [-0.25, -0.2) is 0 Å². The Morgan fingerprint density at radius 2 is 2.18 bits per heavy atom. The molecule has 1 fully saturated rings. The Morgan fingerprint density at radius 3 is 2.82 bits per heavy atom. The van der Waals surface area contributed by atoms with Crippen LogP contribution >= 0.6 is 0 Å². The molecule has 92 valence electrons. The summed E-state index contributed by atoms with van der Waals surface area (Å²) < 4.78 is 4.95. The first-order chi connectivity index (χ1) is 8.24. The van der Waals surface area contributed by atoms with Gasteiger partial charge in [-0.1, -0.05) is 18.2 Å². The third-order valence-electron chi connectivity index (χ3n) is 3.04. The van der Waals surface area contributed by atoms with E-state index in [0.29, 0.717) is 19.6 Å². The van der Waals surface area contributed by atoms with E-state index in [4.69, 9.17) is 4.74 Å². The Labute approximate surface area is 101 Å². The molecule has 1 heterocycles. The highest BCUT2D eigenvalue weighted by molar-refractivity contribution is 5.74. The van der Waals surface area contributed by atoms with Gasteiger partial charge in [-0.2, -0.15) is 0 Å². The van der Waals surface area contributed by atoms with Gasteiger partial charge in [0.05, 0.1) is 6.61 Å². The molecule has 1 aliphatic heterocycles. The van der Waals surface area contributed by atoms with Crippen LogP contribution in [0.4, 0.5) is 5.69 Å². The zero-order valence-corrected chi connectivity index (χ0v) is 9.87. The van der Waals surface area contributed by atoms with Crippen LogP contribution < -0.4 is 4.90 Å². The molecular weight excluding hydrogens is 218 g/mol. The molecule has 0 radical (unpaired) electrons. The van der Waals surface area contributed by atoms with Gasteiger partial charge in [-0.05, 0) is 25.5 Å². The molecule has 0 bridgehead atoms. The molecule has 1 saturated heterocycles. The first-order valence-corrected chi connectivity index (χ1v) is 5.90. The lowest BCUT2D eigenvalue weighted by atomic mass is 10.1. The lowest BCUT2D eigenvalue weighted by Crippen LogP contribution is -2.36. The second-order valence-corrected chi connectivity index (χ2v) is 4.09. The molecule has 4 nitrogen and oxygen atoms in total. The lowest BCUT2D eigenvalue weighted by molar-refractivity contribution is -0.150. The van der Waals surface area contributed by atoms with Gasteiger partial charge in [0.25, 0.3) is 0 Å². The molecule has 0 amide bonds. The number of carbonyl (C=O) groups excluding carboxylic acids is 1. The van der Waals surface area contributed by atoms with Gasteiger partial charge in [-0.3, -0.25) is 4.79 Å². The zero-order valence-electron chi connectivity index (χ0n) is 9.87. The van der Waals surface area contributed by atoms with Gasteiger partial charge in [0.1, 0.15) is 12.1 Å². The van der Waals surface area contributed by atoms with E-state index in [1.165, 1.54) is 0 Å². The molecular formula is C13H17NO3. The average molecular weight is 235 g/mol. The fourth-order valence-corrected chi connectivity index (χ4v) is 2.17. The highest BCUT2D eigenvalue weighted by Crippen LogP contribution is 2.28. The van der Waals surface area contributed by atoms with E-state index in [-0.39, 0.29) is 5.97 Å². The molecule has 1 aromatic carbocycles. The second-order valence-electron chi connectivity index (χ2n) is 4.09. The number of carbonyl (C=O) groups is 1. The molecule has 1 aliphatic rings. The number of benzene rings is 1. The van der Waals surface area contributed by atoms with Crippen LogP contribution in [0, 0.1) is 5.92 Å². The number of rotatable bonds is 3. The predicted octanol–water partition coefficient (Wildman–Crippen LogP) is 1.39. The summed E-state index contributed by atoms with van der Waals surface area (Å²) >= 11 is 0. The first kappa shape index (κ1) is 11.9. The normalized spacial score (nSPS) is 23.8. The number of aliphatic hydroxyl groups is 1. The number of nitrogens with zero attached hydrogens (tertiary/aromatic N) is 1. The first-order valence-electron chi connectivity index (χ1n) is 5.90. The predicted molar refractivity (Wildman–Crippen MR) is 64.5 cm³/mol. The molecule has 4 heteroatoms. The van der Waals surface area contributed by atoms with Crippen LogP contribution in [0.25, 0.3) is 0 Å². The van der Waals surface area contributed by atoms with Crippen molar-refractivity contribution in [2.24, 2.45) is 5.92 Å². The van der Waals surface area contributed by atoms with Crippen molar-refractivity contribution in [2.45, 2.75) is 19.6 Å². The van der Waals surface area contributed by atoms with Crippen LogP contribution in [-0.4, -0.2) is 30.5 Å². The van der Waals surface area contributed by atoms with Crippen LogP contribution in [0.15, 0.2) is 30.3 Å². The highest BCUT2D eigenvalue weighted by Gasteiger charge is 2.38. The van der Waals surface area contributed by atoms with E-state index < -0.39 is 12.1 Å². The summed E-state index contributed by atoms with van der Waals surface area (Å²) in [7, 11) is 0. The van der Waals surface area contributed by atoms with Crippen LogP contribution in [0.2, 0.25) is 0 Å². The fourth-order valence-electron chi connectivity index (χ4n) is 2.17. The maximum absolute atomic E-state index is 11.6. The molecule has 2 unspecified atom stereocenters. The lowest BCUT2D eigenvalue weighted by Gasteiger charge is -2.24. The summed E-state index contributed by atoms with van der Waals surface area (Å²) in [5.74, 6) is -0.742. The summed E-state index contributed by atoms with van der Waals surface area (Å²) in [6.45, 7) is 2.80. The van der Waals surface area contributed by atoms with Gasteiger partial charge in [0.2, 0.25) is 0 Å². The molecule has 2 atom stereocenters. The number of hydrogen-bond acceptors (Lipinski definition) is 4. The van der Waals surface area contributed by atoms with Gasteiger partial charge in [0, 0.05) is 12.2 Å². The third kappa shape index (κ3) is 2.42. The minimum atomic E-state index is -0.781. The van der Waals surface area contributed by atoms with Crippen LogP contribution in [0.5, 0.6) is 0 Å². The maximum Gasteiger partial charge on any atom is 0.313 e. The zero-order chi connectivity index (χ0) is 12.3. The quantitative estimate of drug-likeness (QED) is 0.804. The minimum Gasteiger partial charge on any atom is -0.466 e. The summed E-state index contributed by atoms with van der Waals surface area (Å²) in [5, 5.41) is 10.1. The summed E-state index contributed by atoms with van der Waals surface area (Å²) in [6, 6.07) is 9.61. The highest BCUT2D eigenvalue weighted by atomic mass is 16.5. The largest absolute Gasteiger partial charge is 0.466 e. The fraction of sp³-hybridized carbons (Fsp3) is 0.462. The molecule has 0 saturated carbocycles. The minimum absolute atomic E-state index is 0.307. The van der Waals surface area contributed by atoms with Gasteiger partial charge >= 0.3 is 5.97 Å². The second kappa shape index (κ2) is 5.19. The third-order valence-corrected chi connectivity index (χ3v) is 3.04. The van der Waals surface area contributed by atoms with Crippen molar-refractivity contribution in [3.8, 4) is 0 Å². The molecule has 1 aromatic rings. The Bertz CT molecular complexity index is 380. The van der Waals surface area contributed by atoms with E-state index in [2.05, 4.69) is 0 Å². The average Bonchev–Trinajstić information content (AvgIpc) is 2.72. The van der Waals surface area contributed by atoms with Crippen molar-refractivity contribution in [1.29, 1.82) is 0 Å². The van der Waals surface area contributed by atoms with E-state index >= 15 is 0 Å². The van der Waals surface area contributed by atoms with Crippen molar-refractivity contribution in [3.63, 3.8) is 0 Å². The molecule has 0 aliphatic carbocycles. The monoisotopic (exact) mass is 235 g/mol. The van der Waals surface area contributed by atoms with Crippen LogP contribution in [0.3, 0.4) is 0 Å². The standard InChI is InChI=1S/C13H17NO3/c1-2-17-13(16)11-8-9-14(12(11)15)10-6-4-3-5-7-10/h3-7,11-12,15H,2,8-9H2,1H3. The number of ether oxygens (including phenoxy) is 1. The van der Waals surface area contributed by atoms with Gasteiger partial charge in [0.15, 0.2) is 0 Å². The Kier molecular flexibility index (Phi) is 3.64. The topological polar surface area (TPSA) is 49.8 Å². The van der Waals surface area contributed by atoms with Crippen molar-refractivity contribution in [2.75, 3.05) is 18.1 Å². The maximum atomic E-state index is 11.6. The summed E-state index contributed by atoms with van der Waals surface area (Å²) in [4.78, 5) is 13.5. The van der Waals surface area contributed by atoms with E-state index in [1.807, 2.05) is 35.2 Å². The van der Waals surface area contributed by atoms with Crippen molar-refractivity contribution < 1.29 is 14.6 Å². The Hall–Kier alpha value is -1.55. The van der Waals surface area contributed by atoms with E-state index in [1.54, 1.807) is 6.92 Å². The van der Waals surface area contributed by atoms with Crippen molar-refractivity contribution >= 4 is 11.7 Å². The summed E-state index contributed by atoms with van der Waals surface area (Å²) in [6.07, 6.45) is -0.147. The van der Waals surface area contributed by atoms with E-state index in [0.717, 1.165) is 5.69 Å². The Balaban J connectivity index is 2.07. The van der Waals surface area contributed by atoms with Gasteiger partial charge < -0.3 is 14.7 Å². The Morgan fingerprint density at radius 1 is 1.47 bits per heavy atom. The SMILES string of the molecule is CCOC(=O)C1CCN(c2ccccc2)C1O. The van der Waals surface area contributed by atoms with Crippen molar-refractivity contribution in [1.82, 2.24) is 0 Å². The molecule has 17 heavy (non-hydrogen) atoms.